The molecule has 0 bridgehead atoms. The van der Waals surface area contributed by atoms with E-state index in [0.717, 1.165) is 22.6 Å². The van der Waals surface area contributed by atoms with Crippen LogP contribution in [0.3, 0.4) is 0 Å². The molecule has 3 aromatic rings. The first kappa shape index (κ1) is 24.0. The van der Waals surface area contributed by atoms with Gasteiger partial charge >= 0.3 is 0 Å². The smallest absolute Gasteiger partial charge is 0.242 e. The van der Waals surface area contributed by atoms with Crippen molar-refractivity contribution in [2.45, 2.75) is 51.6 Å². The second kappa shape index (κ2) is 9.08. The molecule has 0 atom stereocenters. The average Bonchev–Trinajstić information content (AvgIpc) is 2.72. The maximum atomic E-state index is 13.8. The van der Waals surface area contributed by atoms with Crippen LogP contribution in [-0.4, -0.2) is 22.4 Å². The van der Waals surface area contributed by atoms with Crippen LogP contribution in [0.2, 0.25) is 39.3 Å². The lowest BCUT2D eigenvalue weighted by molar-refractivity contribution is 0.0922. The van der Waals surface area contributed by atoms with Gasteiger partial charge < -0.3 is 8.85 Å². The lowest BCUT2D eigenvalue weighted by Crippen LogP contribution is -2.34. The zero-order valence-corrected chi connectivity index (χ0v) is 22.2. The number of hydrogen-bond donors (Lipinski definition) is 0. The van der Waals surface area contributed by atoms with Crippen molar-refractivity contribution < 1.29 is 13.6 Å². The quantitative estimate of drug-likeness (QED) is 0.260. The third kappa shape index (κ3) is 5.78. The van der Waals surface area contributed by atoms with Crippen molar-refractivity contribution in [1.29, 1.82) is 0 Å². The van der Waals surface area contributed by atoms with Crippen LogP contribution in [0.4, 0.5) is 0 Å². The summed E-state index contributed by atoms with van der Waals surface area (Å²) in [4.78, 5) is 13.8. The molecule has 5 heteroatoms. The van der Waals surface area contributed by atoms with Gasteiger partial charge in [0.2, 0.25) is 16.6 Å². The van der Waals surface area contributed by atoms with E-state index < -0.39 is 22.0 Å². The fourth-order valence-electron chi connectivity index (χ4n) is 3.73. The molecule has 0 spiro atoms. The number of rotatable bonds is 8. The van der Waals surface area contributed by atoms with E-state index in [1.165, 1.54) is 0 Å². The molecule has 3 nitrogen and oxygen atoms in total. The van der Waals surface area contributed by atoms with Gasteiger partial charge in [0.1, 0.15) is 11.5 Å². The third-order valence-corrected chi connectivity index (χ3v) is 6.90. The second-order valence-corrected chi connectivity index (χ2v) is 19.2. The molecule has 0 unspecified atom stereocenters. The minimum atomic E-state index is -1.70. The van der Waals surface area contributed by atoms with E-state index in [1.807, 2.05) is 85.8 Å². The highest BCUT2D eigenvalue weighted by atomic mass is 28.4. The van der Waals surface area contributed by atoms with E-state index in [9.17, 15) is 4.79 Å². The van der Waals surface area contributed by atoms with Crippen LogP contribution in [0.15, 0.2) is 78.9 Å². The molecule has 3 rings (SSSR count). The Balaban J connectivity index is 2.05. The summed E-state index contributed by atoms with van der Waals surface area (Å²) in [6.07, 6.45) is 0. The molecule has 0 N–H and O–H groups in total. The monoisotopic (exact) mass is 462 g/mol. The van der Waals surface area contributed by atoms with Crippen molar-refractivity contribution in [3.63, 3.8) is 0 Å². The molecular formula is C27H34O3Si2. The first-order valence-corrected chi connectivity index (χ1v) is 17.9. The number of ketones is 1. The van der Waals surface area contributed by atoms with Crippen LogP contribution in [-0.2, 0) is 5.41 Å². The average molecular weight is 463 g/mol. The Kier molecular flexibility index (Phi) is 6.81. The highest BCUT2D eigenvalue weighted by molar-refractivity contribution is 6.70. The molecule has 0 aliphatic carbocycles. The molecule has 168 valence electrons. The predicted molar refractivity (Wildman–Crippen MR) is 138 cm³/mol. The Bertz CT molecular complexity index is 986. The molecule has 0 saturated heterocycles. The minimum absolute atomic E-state index is 0.0656. The Morgan fingerprint density at radius 3 is 1.34 bits per heavy atom. The normalized spacial score (nSPS) is 12.3. The fraction of sp³-hybridized carbons (Fsp3) is 0.296. The van der Waals surface area contributed by atoms with Crippen molar-refractivity contribution in [3.05, 3.63) is 95.6 Å². The summed E-state index contributed by atoms with van der Waals surface area (Å²) >= 11 is 0. The highest BCUT2D eigenvalue weighted by Crippen LogP contribution is 2.37. The molecule has 0 aromatic heterocycles. The van der Waals surface area contributed by atoms with Gasteiger partial charge in [-0.3, -0.25) is 4.79 Å². The number of carbonyl (C=O) groups excluding carboxylic acids is 1. The van der Waals surface area contributed by atoms with Crippen LogP contribution in [0.5, 0.6) is 11.5 Å². The summed E-state index contributed by atoms with van der Waals surface area (Å²) < 4.78 is 12.2. The molecule has 3 aromatic carbocycles. The largest absolute Gasteiger partial charge is 0.544 e. The maximum absolute atomic E-state index is 13.8. The van der Waals surface area contributed by atoms with Crippen LogP contribution >= 0.6 is 0 Å². The van der Waals surface area contributed by atoms with Gasteiger partial charge in [0.25, 0.3) is 0 Å². The zero-order chi connectivity index (χ0) is 23.6. The topological polar surface area (TPSA) is 35.5 Å². The van der Waals surface area contributed by atoms with Gasteiger partial charge in [-0.1, -0.05) is 54.6 Å². The van der Waals surface area contributed by atoms with E-state index >= 15 is 0 Å². The van der Waals surface area contributed by atoms with Crippen LogP contribution < -0.4 is 8.85 Å². The minimum Gasteiger partial charge on any atom is -0.544 e. The Morgan fingerprint density at radius 2 is 1.00 bits per heavy atom. The molecule has 0 fully saturated rings. The molecule has 0 amide bonds. The van der Waals surface area contributed by atoms with Gasteiger partial charge in [-0.05, 0) is 81.6 Å². The van der Waals surface area contributed by atoms with Gasteiger partial charge in [-0.25, -0.2) is 0 Å². The highest BCUT2D eigenvalue weighted by Gasteiger charge is 2.38. The molecular weight excluding hydrogens is 428 g/mol. The van der Waals surface area contributed by atoms with Gasteiger partial charge in [0, 0.05) is 5.56 Å². The number of carbonyl (C=O) groups is 1. The van der Waals surface area contributed by atoms with Gasteiger partial charge in [0.05, 0.1) is 5.41 Å². The predicted octanol–water partition coefficient (Wildman–Crippen LogP) is 7.30. The fourth-order valence-corrected chi connectivity index (χ4v) is 5.41. The Labute approximate surface area is 194 Å². The molecule has 0 aliphatic rings. The summed E-state index contributed by atoms with van der Waals surface area (Å²) in [6.45, 7) is 15.0. The SMILES string of the molecule is CC(C(=O)c1ccccc1)(c1ccc(O[Si](C)(C)C)cc1)c1ccc(O[Si](C)(C)C)cc1. The van der Waals surface area contributed by atoms with Crippen LogP contribution in [0, 0.1) is 0 Å². The molecule has 0 radical (unpaired) electrons. The standard InChI is InChI=1S/C27H34O3Si2/c1-27(26(28)21-11-9-8-10-12-21,22-13-17-24(18-14-22)29-31(2,3)4)23-15-19-25(20-16-23)30-32(5,6)7/h8-20H,1-7H3. The van der Waals surface area contributed by atoms with Crippen molar-refractivity contribution in [1.82, 2.24) is 0 Å². The Hall–Kier alpha value is -2.64. The summed E-state index contributed by atoms with van der Waals surface area (Å²) in [6, 6.07) is 25.5. The van der Waals surface area contributed by atoms with Crippen LogP contribution in [0.1, 0.15) is 28.4 Å². The molecule has 0 saturated carbocycles. The van der Waals surface area contributed by atoms with E-state index in [-0.39, 0.29) is 5.78 Å². The summed E-state index contributed by atoms with van der Waals surface area (Å²) in [5.41, 5.74) is 1.73. The van der Waals surface area contributed by atoms with Gasteiger partial charge in [0.15, 0.2) is 5.78 Å². The maximum Gasteiger partial charge on any atom is 0.242 e. The van der Waals surface area contributed by atoms with E-state index in [1.54, 1.807) is 0 Å². The number of Topliss-reactive ketones (excluding diaryl/α,β-unsaturated/α-hetero) is 1. The van der Waals surface area contributed by atoms with Crippen molar-refractivity contribution >= 4 is 22.4 Å². The van der Waals surface area contributed by atoms with Gasteiger partial charge in [-0.15, -0.1) is 0 Å². The first-order chi connectivity index (χ1) is 14.9. The van der Waals surface area contributed by atoms with Crippen LogP contribution in [0.25, 0.3) is 0 Å². The third-order valence-electron chi connectivity index (χ3n) is 5.20. The molecule has 32 heavy (non-hydrogen) atoms. The lowest BCUT2D eigenvalue weighted by atomic mass is 9.71. The Morgan fingerprint density at radius 1 is 0.625 bits per heavy atom. The number of hydrogen-bond acceptors (Lipinski definition) is 3. The summed E-state index contributed by atoms with van der Waals surface area (Å²) in [5.74, 6) is 1.76. The van der Waals surface area contributed by atoms with E-state index in [4.69, 9.17) is 8.85 Å². The molecule has 0 heterocycles. The van der Waals surface area contributed by atoms with Gasteiger partial charge in [-0.2, -0.15) is 0 Å². The second-order valence-electron chi connectivity index (χ2n) is 10.3. The van der Waals surface area contributed by atoms with Crippen molar-refractivity contribution in [3.8, 4) is 11.5 Å². The number of benzene rings is 3. The van der Waals surface area contributed by atoms with Crippen molar-refractivity contribution in [2.24, 2.45) is 0 Å². The van der Waals surface area contributed by atoms with Crippen molar-refractivity contribution in [2.75, 3.05) is 0 Å². The summed E-state index contributed by atoms with van der Waals surface area (Å²) in [5, 5.41) is 0. The first-order valence-electron chi connectivity index (χ1n) is 11.1. The summed E-state index contributed by atoms with van der Waals surface area (Å²) in [7, 11) is -3.41. The zero-order valence-electron chi connectivity index (χ0n) is 20.2. The molecule has 0 aliphatic heterocycles. The van der Waals surface area contributed by atoms with E-state index in [2.05, 4.69) is 39.3 Å². The van der Waals surface area contributed by atoms with E-state index in [0.29, 0.717) is 5.56 Å². The lowest BCUT2D eigenvalue weighted by Gasteiger charge is -2.30.